The molecule has 1 aromatic heterocycles. The zero-order valence-electron chi connectivity index (χ0n) is 13.4. The van der Waals surface area contributed by atoms with E-state index >= 15 is 0 Å². The fraction of sp³-hybridized carbons (Fsp3) is 0.353. The predicted molar refractivity (Wildman–Crippen MR) is 85.5 cm³/mol. The third kappa shape index (κ3) is 3.34. The standard InChI is InChI=1S/C17H19N3O3/c1-4-23-16(22)17(10-18,20-12(3)21)8-13-9-19-15-7-11(2)5-6-14(13)15/h5-7,9,19H,4,8H2,1-3H3,(H,20,21). The van der Waals surface area contributed by atoms with Crippen LogP contribution in [0, 0.1) is 18.3 Å². The van der Waals surface area contributed by atoms with Gasteiger partial charge in [-0.15, -0.1) is 0 Å². The molecule has 1 atom stereocenters. The van der Waals surface area contributed by atoms with Gasteiger partial charge in [0.2, 0.25) is 11.4 Å². The summed E-state index contributed by atoms with van der Waals surface area (Å²) in [6, 6.07) is 7.79. The molecular formula is C17H19N3O3. The first-order valence-electron chi connectivity index (χ1n) is 7.35. The van der Waals surface area contributed by atoms with E-state index in [1.807, 2.05) is 31.2 Å². The fourth-order valence-electron chi connectivity index (χ4n) is 2.57. The van der Waals surface area contributed by atoms with Gasteiger partial charge in [0.15, 0.2) is 0 Å². The third-order valence-electron chi connectivity index (χ3n) is 3.58. The summed E-state index contributed by atoms with van der Waals surface area (Å²) >= 11 is 0. The molecule has 2 aromatic rings. The number of nitriles is 1. The smallest absolute Gasteiger partial charge is 0.347 e. The summed E-state index contributed by atoms with van der Waals surface area (Å²) in [5, 5.41) is 12.9. The molecule has 2 rings (SSSR count). The molecule has 0 bridgehead atoms. The zero-order valence-corrected chi connectivity index (χ0v) is 13.4. The summed E-state index contributed by atoms with van der Waals surface area (Å²) in [5.74, 6) is -1.21. The number of rotatable bonds is 5. The minimum absolute atomic E-state index is 0.0327. The first-order valence-corrected chi connectivity index (χ1v) is 7.35. The summed E-state index contributed by atoms with van der Waals surface area (Å²) in [5.41, 5.74) is 1.05. The quantitative estimate of drug-likeness (QED) is 0.825. The number of benzene rings is 1. The van der Waals surface area contributed by atoms with E-state index in [0.717, 1.165) is 22.0 Å². The Labute approximate surface area is 134 Å². The van der Waals surface area contributed by atoms with Crippen LogP contribution in [0.1, 0.15) is 25.0 Å². The number of aromatic nitrogens is 1. The van der Waals surface area contributed by atoms with Crippen molar-refractivity contribution < 1.29 is 14.3 Å². The number of hydrogen-bond acceptors (Lipinski definition) is 4. The van der Waals surface area contributed by atoms with Crippen molar-refractivity contribution in [3.63, 3.8) is 0 Å². The first kappa shape index (κ1) is 16.6. The topological polar surface area (TPSA) is 95.0 Å². The van der Waals surface area contributed by atoms with E-state index in [2.05, 4.69) is 10.3 Å². The van der Waals surface area contributed by atoms with Gasteiger partial charge in [-0.3, -0.25) is 4.79 Å². The Morgan fingerprint density at radius 1 is 1.43 bits per heavy atom. The van der Waals surface area contributed by atoms with E-state index in [9.17, 15) is 14.9 Å². The predicted octanol–water partition coefficient (Wildman–Crippen LogP) is 1.98. The molecule has 23 heavy (non-hydrogen) atoms. The van der Waals surface area contributed by atoms with E-state index in [4.69, 9.17) is 4.74 Å². The molecule has 0 aliphatic heterocycles. The van der Waals surface area contributed by atoms with Gasteiger partial charge >= 0.3 is 5.97 Å². The number of nitrogens with one attached hydrogen (secondary N) is 2. The Kier molecular flexibility index (Phi) is 4.70. The molecule has 0 aliphatic rings. The highest BCUT2D eigenvalue weighted by Crippen LogP contribution is 2.24. The van der Waals surface area contributed by atoms with Gasteiger partial charge in [0, 0.05) is 30.4 Å². The Morgan fingerprint density at radius 3 is 2.78 bits per heavy atom. The van der Waals surface area contributed by atoms with Crippen LogP contribution in [0.15, 0.2) is 24.4 Å². The Morgan fingerprint density at radius 2 is 2.17 bits per heavy atom. The number of H-pyrrole nitrogens is 1. The lowest BCUT2D eigenvalue weighted by atomic mass is 9.91. The van der Waals surface area contributed by atoms with Gasteiger partial charge in [0.05, 0.1) is 6.61 Å². The molecule has 0 spiro atoms. The lowest BCUT2D eigenvalue weighted by Gasteiger charge is -2.24. The van der Waals surface area contributed by atoms with Crippen LogP contribution >= 0.6 is 0 Å². The van der Waals surface area contributed by atoms with Gasteiger partial charge in [-0.25, -0.2) is 4.79 Å². The average Bonchev–Trinajstić information content (AvgIpc) is 2.88. The molecule has 6 nitrogen and oxygen atoms in total. The third-order valence-corrected chi connectivity index (χ3v) is 3.58. The molecule has 6 heteroatoms. The fourth-order valence-corrected chi connectivity index (χ4v) is 2.57. The highest BCUT2D eigenvalue weighted by Gasteiger charge is 2.42. The average molecular weight is 313 g/mol. The van der Waals surface area contributed by atoms with Crippen LogP contribution in [0.4, 0.5) is 0 Å². The van der Waals surface area contributed by atoms with Crippen LogP contribution in [0.3, 0.4) is 0 Å². The number of fused-ring (bicyclic) bond motifs is 1. The Bertz CT molecular complexity index is 788. The molecule has 1 heterocycles. The summed E-state index contributed by atoms with van der Waals surface area (Å²) in [6.07, 6.45) is 1.78. The second-order valence-corrected chi connectivity index (χ2v) is 5.46. The molecule has 2 N–H and O–H groups in total. The summed E-state index contributed by atoms with van der Waals surface area (Å²) in [7, 11) is 0. The van der Waals surface area contributed by atoms with Crippen molar-refractivity contribution in [1.82, 2.24) is 10.3 Å². The van der Waals surface area contributed by atoms with Crippen molar-refractivity contribution in [2.45, 2.75) is 32.7 Å². The SMILES string of the molecule is CCOC(=O)C(C#N)(Cc1c[nH]c2cc(C)ccc12)NC(C)=O. The number of hydrogen-bond donors (Lipinski definition) is 2. The number of carbonyl (C=O) groups excluding carboxylic acids is 2. The summed E-state index contributed by atoms with van der Waals surface area (Å²) in [4.78, 5) is 26.9. The van der Waals surface area contributed by atoms with Crippen LogP contribution in [0.5, 0.6) is 0 Å². The van der Waals surface area contributed by atoms with Crippen molar-refractivity contribution in [1.29, 1.82) is 5.26 Å². The molecule has 120 valence electrons. The zero-order chi connectivity index (χ0) is 17.0. The van der Waals surface area contributed by atoms with Gasteiger partial charge < -0.3 is 15.0 Å². The van der Waals surface area contributed by atoms with Crippen LogP contribution in [0.2, 0.25) is 0 Å². The highest BCUT2D eigenvalue weighted by atomic mass is 16.5. The first-order chi connectivity index (χ1) is 10.9. The van der Waals surface area contributed by atoms with Crippen LogP contribution < -0.4 is 5.32 Å². The largest absolute Gasteiger partial charge is 0.463 e. The van der Waals surface area contributed by atoms with E-state index in [0.29, 0.717) is 0 Å². The molecule has 1 unspecified atom stereocenters. The maximum Gasteiger partial charge on any atom is 0.347 e. The number of aryl methyl sites for hydroxylation is 1. The van der Waals surface area contributed by atoms with Crippen molar-refractivity contribution in [2.24, 2.45) is 0 Å². The maximum atomic E-state index is 12.3. The van der Waals surface area contributed by atoms with E-state index in [1.165, 1.54) is 6.92 Å². The number of nitrogens with zero attached hydrogens (tertiary/aromatic N) is 1. The van der Waals surface area contributed by atoms with Crippen molar-refractivity contribution in [3.8, 4) is 6.07 Å². The van der Waals surface area contributed by atoms with Crippen molar-refractivity contribution >= 4 is 22.8 Å². The van der Waals surface area contributed by atoms with E-state index in [1.54, 1.807) is 13.1 Å². The van der Waals surface area contributed by atoms with Crippen LogP contribution in [-0.4, -0.2) is 29.0 Å². The van der Waals surface area contributed by atoms with Gasteiger partial charge in [0.25, 0.3) is 0 Å². The van der Waals surface area contributed by atoms with Crippen molar-refractivity contribution in [2.75, 3.05) is 6.61 Å². The lowest BCUT2D eigenvalue weighted by molar-refractivity contribution is -0.150. The second-order valence-electron chi connectivity index (χ2n) is 5.46. The molecular weight excluding hydrogens is 294 g/mol. The number of amides is 1. The monoisotopic (exact) mass is 313 g/mol. The van der Waals surface area contributed by atoms with Crippen LogP contribution in [-0.2, 0) is 20.7 Å². The molecule has 0 saturated carbocycles. The Balaban J connectivity index is 2.45. The minimum atomic E-state index is -1.73. The maximum absolute atomic E-state index is 12.3. The molecule has 1 aromatic carbocycles. The van der Waals surface area contributed by atoms with E-state index in [-0.39, 0.29) is 13.0 Å². The number of ether oxygens (including phenoxy) is 1. The summed E-state index contributed by atoms with van der Waals surface area (Å²) < 4.78 is 4.99. The molecule has 0 aliphatic carbocycles. The lowest BCUT2D eigenvalue weighted by Crippen LogP contribution is -2.55. The molecule has 0 saturated heterocycles. The normalized spacial score (nSPS) is 13.1. The number of esters is 1. The van der Waals surface area contributed by atoms with Crippen molar-refractivity contribution in [3.05, 3.63) is 35.5 Å². The Hall–Kier alpha value is -2.81. The number of aromatic amines is 1. The molecule has 1 amide bonds. The van der Waals surface area contributed by atoms with E-state index < -0.39 is 17.4 Å². The minimum Gasteiger partial charge on any atom is -0.463 e. The van der Waals surface area contributed by atoms with Gasteiger partial charge in [-0.05, 0) is 31.0 Å². The van der Waals surface area contributed by atoms with Crippen LogP contribution in [0.25, 0.3) is 10.9 Å². The molecule has 0 radical (unpaired) electrons. The molecule has 0 fully saturated rings. The van der Waals surface area contributed by atoms with Gasteiger partial charge in [0.1, 0.15) is 6.07 Å². The van der Waals surface area contributed by atoms with Gasteiger partial charge in [-0.2, -0.15) is 5.26 Å². The highest BCUT2D eigenvalue weighted by molar-refractivity contribution is 5.92. The number of carbonyl (C=O) groups is 2. The summed E-state index contributed by atoms with van der Waals surface area (Å²) in [6.45, 7) is 5.04. The van der Waals surface area contributed by atoms with Gasteiger partial charge in [-0.1, -0.05) is 12.1 Å². The second kappa shape index (κ2) is 6.53.